The fourth-order valence-corrected chi connectivity index (χ4v) is 5.10. The Labute approximate surface area is 184 Å². The summed E-state index contributed by atoms with van der Waals surface area (Å²) < 4.78 is 0. The Hall–Kier alpha value is -3.20. The van der Waals surface area contributed by atoms with Gasteiger partial charge in [-0.1, -0.05) is 72.8 Å². The van der Waals surface area contributed by atoms with Crippen LogP contribution in [0.2, 0.25) is 0 Å². The lowest BCUT2D eigenvalue weighted by molar-refractivity contribution is -0.122. The minimum Gasteiger partial charge on any atom is -0.273 e. The molecule has 0 heterocycles. The van der Waals surface area contributed by atoms with E-state index in [2.05, 4.69) is 53.0 Å². The Morgan fingerprint density at radius 1 is 0.871 bits per heavy atom. The third-order valence-corrected chi connectivity index (χ3v) is 6.96. The largest absolute Gasteiger partial charge is 0.273 e. The Morgan fingerprint density at radius 3 is 2.13 bits per heavy atom. The number of nitrogens with zero attached hydrogens (tertiary/aromatic N) is 1. The minimum atomic E-state index is -0.262. The third-order valence-electron chi connectivity index (χ3n) is 6.96. The van der Waals surface area contributed by atoms with E-state index in [4.69, 9.17) is 0 Å². The van der Waals surface area contributed by atoms with Gasteiger partial charge in [-0.3, -0.25) is 4.79 Å². The monoisotopic (exact) mass is 408 g/mol. The Balaban J connectivity index is 1.36. The highest BCUT2D eigenvalue weighted by Gasteiger charge is 2.60. The van der Waals surface area contributed by atoms with E-state index in [1.165, 1.54) is 41.5 Å². The van der Waals surface area contributed by atoms with E-state index in [-0.39, 0.29) is 17.2 Å². The second-order valence-corrected chi connectivity index (χ2v) is 8.82. The van der Waals surface area contributed by atoms with Gasteiger partial charge in [-0.2, -0.15) is 5.10 Å². The predicted octanol–water partition coefficient (Wildman–Crippen LogP) is 5.41. The summed E-state index contributed by atoms with van der Waals surface area (Å²) in [6.07, 6.45) is 5.65. The summed E-state index contributed by atoms with van der Waals surface area (Å²) in [7, 11) is 0. The van der Waals surface area contributed by atoms with Crippen molar-refractivity contribution in [2.45, 2.75) is 44.4 Å². The first-order chi connectivity index (χ1) is 15.2. The SMILES string of the molecule is CC(=NNC(=O)C1CC1(c1ccccc1)c1ccccc1)c1ccc2c(c1)CCCC2. The molecule has 0 bridgehead atoms. The molecule has 1 fully saturated rings. The van der Waals surface area contributed by atoms with Crippen LogP contribution in [0, 0.1) is 5.92 Å². The number of aryl methyl sites for hydroxylation is 2. The van der Waals surface area contributed by atoms with Crippen LogP contribution >= 0.6 is 0 Å². The number of carbonyl (C=O) groups excluding carboxylic acids is 1. The molecule has 0 radical (unpaired) electrons. The number of hydrazone groups is 1. The van der Waals surface area contributed by atoms with Gasteiger partial charge in [0.2, 0.25) is 5.91 Å². The van der Waals surface area contributed by atoms with Crippen LogP contribution in [0.1, 0.15) is 54.0 Å². The van der Waals surface area contributed by atoms with Crippen molar-refractivity contribution in [3.8, 4) is 0 Å². The Bertz CT molecular complexity index is 1080. The quantitative estimate of drug-likeness (QED) is 0.445. The zero-order valence-electron chi connectivity index (χ0n) is 18.0. The first-order valence-electron chi connectivity index (χ1n) is 11.3. The van der Waals surface area contributed by atoms with Crippen LogP contribution in [-0.4, -0.2) is 11.6 Å². The maximum Gasteiger partial charge on any atom is 0.244 e. The van der Waals surface area contributed by atoms with Gasteiger partial charge in [0.25, 0.3) is 0 Å². The molecular weight excluding hydrogens is 380 g/mol. The van der Waals surface area contributed by atoms with E-state index in [0.717, 1.165) is 24.1 Å². The second-order valence-electron chi connectivity index (χ2n) is 8.82. The number of amides is 1. The maximum absolute atomic E-state index is 13.1. The van der Waals surface area contributed by atoms with Crippen LogP contribution in [0.5, 0.6) is 0 Å². The zero-order valence-corrected chi connectivity index (χ0v) is 18.0. The maximum atomic E-state index is 13.1. The van der Waals surface area contributed by atoms with Crippen molar-refractivity contribution in [1.82, 2.24) is 5.43 Å². The molecule has 3 aromatic carbocycles. The van der Waals surface area contributed by atoms with Crippen LogP contribution in [0.3, 0.4) is 0 Å². The molecule has 3 aromatic rings. The molecule has 1 unspecified atom stereocenters. The molecule has 0 spiro atoms. The normalized spacial score (nSPS) is 19.4. The molecule has 31 heavy (non-hydrogen) atoms. The third kappa shape index (κ3) is 3.69. The van der Waals surface area contributed by atoms with Gasteiger partial charge >= 0.3 is 0 Å². The van der Waals surface area contributed by atoms with E-state index in [0.29, 0.717) is 0 Å². The molecule has 2 aliphatic rings. The number of rotatable bonds is 5. The van der Waals surface area contributed by atoms with Gasteiger partial charge in [-0.15, -0.1) is 0 Å². The van der Waals surface area contributed by atoms with E-state index in [1.54, 1.807) is 0 Å². The van der Waals surface area contributed by atoms with Crippen molar-refractivity contribution in [2.75, 3.05) is 0 Å². The molecule has 5 rings (SSSR count). The minimum absolute atomic E-state index is 0.00924. The highest BCUT2D eigenvalue weighted by atomic mass is 16.2. The van der Waals surface area contributed by atoms with Crippen LogP contribution < -0.4 is 5.43 Å². The summed E-state index contributed by atoms with van der Waals surface area (Å²) in [5, 5.41) is 4.47. The summed E-state index contributed by atoms with van der Waals surface area (Å²) in [6.45, 7) is 1.97. The van der Waals surface area contributed by atoms with Gasteiger partial charge in [-0.05, 0) is 72.9 Å². The fraction of sp³-hybridized carbons (Fsp3) is 0.286. The van der Waals surface area contributed by atoms with Crippen molar-refractivity contribution in [1.29, 1.82) is 0 Å². The van der Waals surface area contributed by atoms with E-state index in [1.807, 2.05) is 43.3 Å². The molecule has 0 aromatic heterocycles. The van der Waals surface area contributed by atoms with Crippen molar-refractivity contribution in [2.24, 2.45) is 11.0 Å². The average molecular weight is 409 g/mol. The highest BCUT2D eigenvalue weighted by molar-refractivity contribution is 5.99. The molecule has 2 aliphatic carbocycles. The summed E-state index contributed by atoms with van der Waals surface area (Å²) in [6, 6.07) is 27.3. The molecule has 1 amide bonds. The number of carbonyl (C=O) groups is 1. The molecular formula is C28H28N2O. The van der Waals surface area contributed by atoms with E-state index < -0.39 is 0 Å². The number of hydrogen-bond acceptors (Lipinski definition) is 2. The summed E-state index contributed by atoms with van der Waals surface area (Å²) >= 11 is 0. The zero-order chi connectivity index (χ0) is 21.3. The topological polar surface area (TPSA) is 41.5 Å². The molecule has 1 N–H and O–H groups in total. The van der Waals surface area contributed by atoms with Gasteiger partial charge in [0.1, 0.15) is 0 Å². The Morgan fingerprint density at radius 2 is 1.48 bits per heavy atom. The van der Waals surface area contributed by atoms with Crippen LogP contribution in [0.4, 0.5) is 0 Å². The number of fused-ring (bicyclic) bond motifs is 1. The van der Waals surface area contributed by atoms with Crippen LogP contribution in [0.15, 0.2) is 84.0 Å². The standard InChI is InChI=1S/C28H28N2O/c1-20(22-17-16-21-10-8-9-11-23(21)18-22)29-30-27(31)26-19-28(26,24-12-4-2-5-13-24)25-14-6-3-7-15-25/h2-7,12-18,26H,8-11,19H2,1H3,(H,30,31). The first-order valence-corrected chi connectivity index (χ1v) is 11.3. The van der Waals surface area contributed by atoms with Gasteiger partial charge < -0.3 is 0 Å². The van der Waals surface area contributed by atoms with Crippen LogP contribution in [0.25, 0.3) is 0 Å². The van der Waals surface area contributed by atoms with Crippen molar-refractivity contribution in [3.05, 3.63) is 107 Å². The number of benzene rings is 3. The summed E-state index contributed by atoms with van der Waals surface area (Å²) in [5.41, 5.74) is 9.82. The van der Waals surface area contributed by atoms with Gasteiger partial charge in [-0.25, -0.2) is 5.43 Å². The lowest BCUT2D eigenvalue weighted by Gasteiger charge is -2.18. The molecule has 1 atom stereocenters. The molecule has 0 aliphatic heterocycles. The molecule has 0 saturated heterocycles. The number of hydrogen-bond donors (Lipinski definition) is 1. The van der Waals surface area contributed by atoms with Crippen molar-refractivity contribution < 1.29 is 4.79 Å². The smallest absolute Gasteiger partial charge is 0.244 e. The number of nitrogens with one attached hydrogen (secondary N) is 1. The molecule has 1 saturated carbocycles. The first kappa shape index (κ1) is 19.7. The fourth-order valence-electron chi connectivity index (χ4n) is 5.10. The van der Waals surface area contributed by atoms with Crippen molar-refractivity contribution in [3.63, 3.8) is 0 Å². The van der Waals surface area contributed by atoms with E-state index >= 15 is 0 Å². The lowest BCUT2D eigenvalue weighted by Crippen LogP contribution is -2.26. The van der Waals surface area contributed by atoms with Gasteiger partial charge in [0.15, 0.2) is 0 Å². The second kappa shape index (κ2) is 8.14. The summed E-state index contributed by atoms with van der Waals surface area (Å²) in [4.78, 5) is 13.1. The molecule has 3 nitrogen and oxygen atoms in total. The lowest BCUT2D eigenvalue weighted by atomic mass is 9.85. The van der Waals surface area contributed by atoms with Crippen LogP contribution in [-0.2, 0) is 23.1 Å². The summed E-state index contributed by atoms with van der Waals surface area (Å²) in [5.74, 6) is -0.123. The van der Waals surface area contributed by atoms with Crippen molar-refractivity contribution >= 4 is 11.6 Å². The van der Waals surface area contributed by atoms with Gasteiger partial charge in [0, 0.05) is 5.41 Å². The van der Waals surface area contributed by atoms with Gasteiger partial charge in [0.05, 0.1) is 11.6 Å². The highest BCUT2D eigenvalue weighted by Crippen LogP contribution is 2.58. The average Bonchev–Trinajstić information content (AvgIpc) is 3.60. The van der Waals surface area contributed by atoms with E-state index in [9.17, 15) is 4.79 Å². The predicted molar refractivity (Wildman–Crippen MR) is 125 cm³/mol. The Kier molecular flexibility index (Phi) is 5.19. The molecule has 3 heteroatoms. The molecule has 156 valence electrons.